The van der Waals surface area contributed by atoms with Gasteiger partial charge in [0, 0.05) is 0 Å². The van der Waals surface area contributed by atoms with Crippen molar-refractivity contribution in [3.8, 4) is 0 Å². The van der Waals surface area contributed by atoms with E-state index in [4.69, 9.17) is 10.5 Å². The maximum atomic E-state index is 12.1. The second-order valence-corrected chi connectivity index (χ2v) is 6.16. The minimum atomic E-state index is -0.722. The number of fused-ring (bicyclic) bond motifs is 1. The van der Waals surface area contributed by atoms with Gasteiger partial charge in [-0.25, -0.2) is 14.4 Å². The Morgan fingerprint density at radius 2 is 1.74 bits per heavy atom. The number of rotatable bonds is 4. The lowest BCUT2D eigenvalue weighted by atomic mass is 9.82. The average Bonchev–Trinajstić information content (AvgIpc) is 2.87. The second-order valence-electron chi connectivity index (χ2n) is 6.16. The normalized spacial score (nSPS) is 23.3. The number of nitrogens with two attached hydrogens (primary N) is 1. The number of ether oxygens (including phenoxy) is 2. The Labute approximate surface area is 133 Å². The van der Waals surface area contributed by atoms with Crippen LogP contribution in [0.25, 0.3) is 0 Å². The molecule has 1 fully saturated rings. The molecule has 0 bridgehead atoms. The quantitative estimate of drug-likeness (QED) is 0.673. The monoisotopic (exact) mass is 317 g/mol. The number of benzene rings is 1. The minimum Gasteiger partial charge on any atom is -0.462 e. The third kappa shape index (κ3) is 3.27. The smallest absolute Gasteiger partial charge is 0.346 e. The number of hydrogen-bond donors (Lipinski definition) is 1. The van der Waals surface area contributed by atoms with E-state index < -0.39 is 17.9 Å². The maximum Gasteiger partial charge on any atom is 0.346 e. The van der Waals surface area contributed by atoms with E-state index in [2.05, 4.69) is 4.74 Å². The van der Waals surface area contributed by atoms with Crippen LogP contribution in [0, 0.1) is 11.8 Å². The summed E-state index contributed by atoms with van der Waals surface area (Å²) >= 11 is 0. The fourth-order valence-corrected chi connectivity index (χ4v) is 3.12. The van der Waals surface area contributed by atoms with E-state index in [1.165, 1.54) is 18.2 Å². The molecule has 3 rings (SSSR count). The van der Waals surface area contributed by atoms with Gasteiger partial charge in [0.2, 0.25) is 0 Å². The van der Waals surface area contributed by atoms with Crippen LogP contribution in [-0.4, -0.2) is 31.1 Å². The Morgan fingerprint density at radius 1 is 1.09 bits per heavy atom. The molecule has 0 unspecified atom stereocenters. The van der Waals surface area contributed by atoms with E-state index in [0.717, 1.165) is 32.2 Å². The first-order valence-electron chi connectivity index (χ1n) is 7.86. The molecule has 2 N–H and O–H groups in total. The standard InChI is InChI=1S/C17H19NO5/c18-8-10-1-3-11(4-2-10)9-22-15(19)12-5-6-13-14(7-12)17(21)23-16(13)20/h5-7,10-11H,1-4,8-9,18H2. The van der Waals surface area contributed by atoms with Crippen molar-refractivity contribution in [3.63, 3.8) is 0 Å². The van der Waals surface area contributed by atoms with E-state index in [0.29, 0.717) is 18.4 Å². The van der Waals surface area contributed by atoms with Gasteiger partial charge in [0.1, 0.15) is 0 Å². The number of esters is 3. The number of cyclic esters (lactones) is 2. The lowest BCUT2D eigenvalue weighted by molar-refractivity contribution is 0.0395. The molecular weight excluding hydrogens is 298 g/mol. The highest BCUT2D eigenvalue weighted by Crippen LogP contribution is 2.28. The molecule has 6 nitrogen and oxygen atoms in total. The molecule has 23 heavy (non-hydrogen) atoms. The Hall–Kier alpha value is -2.21. The summed E-state index contributed by atoms with van der Waals surface area (Å²) in [5.41, 5.74) is 6.23. The summed E-state index contributed by atoms with van der Waals surface area (Å²) in [4.78, 5) is 35.0. The Kier molecular flexibility index (Phi) is 4.43. The van der Waals surface area contributed by atoms with Crippen molar-refractivity contribution in [2.24, 2.45) is 17.6 Å². The first-order valence-corrected chi connectivity index (χ1v) is 7.86. The molecule has 0 spiro atoms. The Bertz CT molecular complexity index is 646. The third-order valence-corrected chi connectivity index (χ3v) is 4.63. The molecule has 0 radical (unpaired) electrons. The molecular formula is C17H19NO5. The fourth-order valence-electron chi connectivity index (χ4n) is 3.12. The van der Waals surface area contributed by atoms with Gasteiger partial charge in [-0.3, -0.25) is 0 Å². The van der Waals surface area contributed by atoms with Gasteiger partial charge in [0.05, 0.1) is 23.3 Å². The summed E-state index contributed by atoms with van der Waals surface area (Å²) in [6, 6.07) is 4.26. The van der Waals surface area contributed by atoms with E-state index in [-0.39, 0.29) is 16.7 Å². The van der Waals surface area contributed by atoms with Crippen molar-refractivity contribution in [1.82, 2.24) is 0 Å². The van der Waals surface area contributed by atoms with Crippen molar-refractivity contribution in [3.05, 3.63) is 34.9 Å². The highest BCUT2D eigenvalue weighted by molar-refractivity contribution is 6.15. The zero-order valence-corrected chi connectivity index (χ0v) is 12.7. The molecule has 0 atom stereocenters. The van der Waals surface area contributed by atoms with Gasteiger partial charge < -0.3 is 15.2 Å². The topological polar surface area (TPSA) is 95.7 Å². The first-order chi connectivity index (χ1) is 11.1. The van der Waals surface area contributed by atoms with Crippen molar-refractivity contribution >= 4 is 17.9 Å². The van der Waals surface area contributed by atoms with Gasteiger partial charge >= 0.3 is 17.9 Å². The second kappa shape index (κ2) is 6.50. The molecule has 1 saturated carbocycles. The van der Waals surface area contributed by atoms with Crippen LogP contribution in [0.5, 0.6) is 0 Å². The molecule has 0 amide bonds. The van der Waals surface area contributed by atoms with Crippen LogP contribution in [0.2, 0.25) is 0 Å². The number of carbonyl (C=O) groups is 3. The Morgan fingerprint density at radius 3 is 2.43 bits per heavy atom. The van der Waals surface area contributed by atoms with Crippen molar-refractivity contribution in [2.75, 3.05) is 13.2 Å². The number of hydrogen-bond acceptors (Lipinski definition) is 6. The van der Waals surface area contributed by atoms with Crippen LogP contribution < -0.4 is 5.73 Å². The van der Waals surface area contributed by atoms with Crippen LogP contribution in [0.1, 0.15) is 56.8 Å². The van der Waals surface area contributed by atoms with Crippen LogP contribution >= 0.6 is 0 Å². The largest absolute Gasteiger partial charge is 0.462 e. The lowest BCUT2D eigenvalue weighted by Crippen LogP contribution is -2.24. The lowest BCUT2D eigenvalue weighted by Gasteiger charge is -2.27. The summed E-state index contributed by atoms with van der Waals surface area (Å²) in [6.45, 7) is 1.09. The molecule has 0 aromatic heterocycles. The maximum absolute atomic E-state index is 12.1. The fraction of sp³-hybridized carbons (Fsp3) is 0.471. The van der Waals surface area contributed by atoms with Crippen LogP contribution in [0.3, 0.4) is 0 Å². The van der Waals surface area contributed by atoms with Gasteiger partial charge in [-0.15, -0.1) is 0 Å². The predicted molar refractivity (Wildman–Crippen MR) is 81.0 cm³/mol. The molecule has 122 valence electrons. The van der Waals surface area contributed by atoms with Crippen LogP contribution in [-0.2, 0) is 9.47 Å². The van der Waals surface area contributed by atoms with E-state index in [1.807, 2.05) is 0 Å². The van der Waals surface area contributed by atoms with Gasteiger partial charge in [0.15, 0.2) is 0 Å². The van der Waals surface area contributed by atoms with Gasteiger partial charge in [-0.1, -0.05) is 0 Å². The number of carbonyl (C=O) groups excluding carboxylic acids is 3. The molecule has 2 aliphatic rings. The summed E-state index contributed by atoms with van der Waals surface area (Å²) in [7, 11) is 0. The van der Waals surface area contributed by atoms with Gasteiger partial charge in [-0.05, 0) is 62.3 Å². The van der Waals surface area contributed by atoms with Crippen LogP contribution in [0.4, 0.5) is 0 Å². The molecule has 0 saturated heterocycles. The van der Waals surface area contributed by atoms with Crippen molar-refractivity contribution in [2.45, 2.75) is 25.7 Å². The Balaban J connectivity index is 1.58. The molecule has 1 aromatic rings. The van der Waals surface area contributed by atoms with E-state index in [1.54, 1.807) is 0 Å². The zero-order chi connectivity index (χ0) is 16.4. The van der Waals surface area contributed by atoms with Gasteiger partial charge in [-0.2, -0.15) is 0 Å². The van der Waals surface area contributed by atoms with Gasteiger partial charge in [0.25, 0.3) is 0 Å². The van der Waals surface area contributed by atoms with Crippen molar-refractivity contribution in [1.29, 1.82) is 0 Å². The SMILES string of the molecule is NCC1CCC(COC(=O)c2ccc3c(c2)C(=O)OC3=O)CC1. The summed E-state index contributed by atoms with van der Waals surface area (Å²) in [5.74, 6) is -0.938. The van der Waals surface area contributed by atoms with E-state index >= 15 is 0 Å². The first kappa shape index (κ1) is 15.7. The zero-order valence-electron chi connectivity index (χ0n) is 12.7. The van der Waals surface area contributed by atoms with Crippen LogP contribution in [0.15, 0.2) is 18.2 Å². The highest BCUT2D eigenvalue weighted by Gasteiger charge is 2.30. The third-order valence-electron chi connectivity index (χ3n) is 4.63. The summed E-state index contributed by atoms with van der Waals surface area (Å²) in [6.07, 6.45) is 4.18. The average molecular weight is 317 g/mol. The molecule has 1 heterocycles. The molecule has 1 aromatic carbocycles. The highest BCUT2D eigenvalue weighted by atomic mass is 16.6. The van der Waals surface area contributed by atoms with E-state index in [9.17, 15) is 14.4 Å². The minimum absolute atomic E-state index is 0.118. The summed E-state index contributed by atoms with van der Waals surface area (Å²) in [5, 5.41) is 0. The predicted octanol–water partition coefficient (Wildman–Crippen LogP) is 1.92. The molecule has 6 heteroatoms. The summed E-state index contributed by atoms with van der Waals surface area (Å²) < 4.78 is 9.85. The molecule has 1 aliphatic carbocycles. The van der Waals surface area contributed by atoms with Crippen molar-refractivity contribution < 1.29 is 23.9 Å². The molecule has 1 aliphatic heterocycles.